The van der Waals surface area contributed by atoms with Gasteiger partial charge in [-0.05, 0) is 60.8 Å². The molecular weight excluding hydrogens is 374 g/mol. The van der Waals surface area contributed by atoms with Crippen molar-refractivity contribution in [2.24, 2.45) is 11.8 Å². The fourth-order valence-electron chi connectivity index (χ4n) is 6.08. The molecule has 1 saturated carbocycles. The Morgan fingerprint density at radius 2 is 1.37 bits per heavy atom. The lowest BCUT2D eigenvalue weighted by Crippen LogP contribution is -2.48. The first-order chi connectivity index (χ1) is 14.7. The van der Waals surface area contributed by atoms with Crippen LogP contribution in [0.2, 0.25) is 0 Å². The second-order valence-corrected chi connectivity index (χ2v) is 9.44. The molecule has 2 aromatic carbocycles. The van der Waals surface area contributed by atoms with Gasteiger partial charge in [-0.3, -0.25) is 4.79 Å². The monoisotopic (exact) mass is 401 g/mol. The highest BCUT2D eigenvalue weighted by Crippen LogP contribution is 2.46. The quantitative estimate of drug-likeness (QED) is 0.711. The predicted octanol–water partition coefficient (Wildman–Crippen LogP) is 5.16. The molecule has 6 rings (SSSR count). The molecule has 1 amide bonds. The normalized spacial score (nSPS) is 26.9. The second kappa shape index (κ2) is 6.97. The molecule has 2 atom stereocenters. The van der Waals surface area contributed by atoms with Crippen molar-refractivity contribution >= 4 is 11.9 Å². The minimum Gasteiger partial charge on any atom is -0.448 e. The van der Waals surface area contributed by atoms with Crippen molar-refractivity contribution in [1.29, 1.82) is 0 Å². The van der Waals surface area contributed by atoms with Gasteiger partial charge in [-0.1, -0.05) is 48.5 Å². The van der Waals surface area contributed by atoms with E-state index < -0.39 is 0 Å². The highest BCUT2D eigenvalue weighted by Gasteiger charge is 2.48. The van der Waals surface area contributed by atoms with Crippen LogP contribution in [0.1, 0.15) is 55.6 Å². The molecule has 2 aliphatic heterocycles. The topological polar surface area (TPSA) is 46.6 Å². The minimum atomic E-state index is -0.193. The highest BCUT2D eigenvalue weighted by molar-refractivity contribution is 5.86. The van der Waals surface area contributed by atoms with Crippen molar-refractivity contribution in [1.82, 2.24) is 4.90 Å². The Kier molecular flexibility index (Phi) is 4.22. The van der Waals surface area contributed by atoms with Crippen LogP contribution in [0.25, 0.3) is 11.1 Å². The number of ether oxygens (including phenoxy) is 1. The number of carbonyl (C=O) groups excluding carboxylic acids is 2. The van der Waals surface area contributed by atoms with E-state index in [1.54, 1.807) is 0 Å². The van der Waals surface area contributed by atoms with Crippen LogP contribution in [0.3, 0.4) is 0 Å². The Balaban J connectivity index is 1.16. The summed E-state index contributed by atoms with van der Waals surface area (Å²) < 4.78 is 5.92. The summed E-state index contributed by atoms with van der Waals surface area (Å²) >= 11 is 0. The third-order valence-electron chi connectivity index (χ3n) is 7.66. The number of fused-ring (bicyclic) bond motifs is 5. The number of hydrogen-bond donors (Lipinski definition) is 0. The SMILES string of the molecule is O=C(C1CC1)C1CC2CCC(C1)N2C(=O)OCC1c2ccccc2-c2ccccc21. The molecule has 0 radical (unpaired) electrons. The summed E-state index contributed by atoms with van der Waals surface area (Å²) in [5.41, 5.74) is 4.97. The molecule has 2 heterocycles. The van der Waals surface area contributed by atoms with Crippen molar-refractivity contribution in [3.63, 3.8) is 0 Å². The van der Waals surface area contributed by atoms with Gasteiger partial charge in [-0.15, -0.1) is 0 Å². The van der Waals surface area contributed by atoms with Crippen molar-refractivity contribution < 1.29 is 14.3 Å². The molecule has 30 heavy (non-hydrogen) atoms. The standard InChI is InChI=1S/C26H27NO3/c28-25(16-9-10-16)17-13-18-11-12-19(14-17)27(18)26(29)30-15-24-22-7-3-1-5-20(22)21-6-2-4-8-23(21)24/h1-8,16-19,24H,9-15H2. The van der Waals surface area contributed by atoms with Crippen molar-refractivity contribution in [2.45, 2.75) is 56.5 Å². The van der Waals surface area contributed by atoms with E-state index in [1.165, 1.54) is 22.3 Å². The molecule has 2 saturated heterocycles. The number of Topliss-reactive ketones (excluding diaryl/α,β-unsaturated/α-hetero) is 1. The number of carbonyl (C=O) groups is 2. The van der Waals surface area contributed by atoms with Crippen molar-refractivity contribution in [3.8, 4) is 11.1 Å². The van der Waals surface area contributed by atoms with Crippen LogP contribution in [-0.4, -0.2) is 35.5 Å². The second-order valence-electron chi connectivity index (χ2n) is 9.44. The van der Waals surface area contributed by atoms with Crippen LogP contribution in [-0.2, 0) is 9.53 Å². The van der Waals surface area contributed by atoms with Gasteiger partial charge < -0.3 is 9.64 Å². The lowest BCUT2D eigenvalue weighted by atomic mass is 9.86. The van der Waals surface area contributed by atoms with E-state index >= 15 is 0 Å². The van der Waals surface area contributed by atoms with Crippen LogP contribution in [0.5, 0.6) is 0 Å². The van der Waals surface area contributed by atoms with Crippen molar-refractivity contribution in [2.75, 3.05) is 6.61 Å². The summed E-state index contributed by atoms with van der Waals surface area (Å²) in [4.78, 5) is 27.6. The fourth-order valence-corrected chi connectivity index (χ4v) is 6.08. The van der Waals surface area contributed by atoms with Gasteiger partial charge >= 0.3 is 6.09 Å². The van der Waals surface area contributed by atoms with Gasteiger partial charge in [-0.2, -0.15) is 0 Å². The number of hydrogen-bond acceptors (Lipinski definition) is 3. The zero-order valence-corrected chi connectivity index (χ0v) is 17.1. The molecule has 4 aliphatic rings. The molecular formula is C26H27NO3. The van der Waals surface area contributed by atoms with Gasteiger partial charge in [0, 0.05) is 29.8 Å². The summed E-state index contributed by atoms with van der Waals surface area (Å²) in [6, 6.07) is 17.2. The number of rotatable bonds is 4. The molecule has 4 nitrogen and oxygen atoms in total. The number of nitrogens with zero attached hydrogens (tertiary/aromatic N) is 1. The summed E-state index contributed by atoms with van der Waals surface area (Å²) in [6.07, 6.45) is 5.61. The first kappa shape index (κ1) is 18.2. The molecule has 2 aromatic rings. The summed E-state index contributed by atoms with van der Waals surface area (Å²) in [5.74, 6) is 1.02. The maximum atomic E-state index is 13.1. The first-order valence-corrected chi connectivity index (χ1v) is 11.4. The molecule has 0 aromatic heterocycles. The molecule has 2 bridgehead atoms. The highest BCUT2D eigenvalue weighted by atomic mass is 16.6. The molecule has 2 unspecified atom stereocenters. The van der Waals surface area contributed by atoms with Crippen LogP contribution >= 0.6 is 0 Å². The molecule has 0 spiro atoms. The van der Waals surface area contributed by atoms with E-state index in [1.807, 2.05) is 4.90 Å². The number of ketones is 1. The number of benzene rings is 2. The zero-order chi connectivity index (χ0) is 20.2. The van der Waals surface area contributed by atoms with E-state index in [9.17, 15) is 9.59 Å². The Morgan fingerprint density at radius 1 is 0.800 bits per heavy atom. The Labute approximate surface area is 177 Å². The average molecular weight is 402 g/mol. The molecule has 4 heteroatoms. The summed E-state index contributed by atoms with van der Waals surface area (Å²) in [5, 5.41) is 0. The largest absolute Gasteiger partial charge is 0.448 e. The van der Waals surface area contributed by atoms with Gasteiger partial charge in [0.25, 0.3) is 0 Å². The summed E-state index contributed by atoms with van der Waals surface area (Å²) in [6.45, 7) is 0.368. The molecule has 0 N–H and O–H groups in total. The van der Waals surface area contributed by atoms with Gasteiger partial charge in [0.15, 0.2) is 0 Å². The smallest absolute Gasteiger partial charge is 0.410 e. The first-order valence-electron chi connectivity index (χ1n) is 11.4. The lowest BCUT2D eigenvalue weighted by Gasteiger charge is -2.37. The molecule has 3 fully saturated rings. The van der Waals surface area contributed by atoms with Crippen LogP contribution in [0.15, 0.2) is 48.5 Å². The zero-order valence-electron chi connectivity index (χ0n) is 17.1. The average Bonchev–Trinajstić information content (AvgIpc) is 3.53. The van der Waals surface area contributed by atoms with Crippen molar-refractivity contribution in [3.05, 3.63) is 59.7 Å². The van der Waals surface area contributed by atoms with E-state index in [2.05, 4.69) is 48.5 Å². The van der Waals surface area contributed by atoms with Crippen LogP contribution in [0.4, 0.5) is 4.79 Å². The maximum absolute atomic E-state index is 13.1. The number of piperidine rings is 1. The Hall–Kier alpha value is -2.62. The van der Waals surface area contributed by atoms with E-state index in [-0.39, 0.29) is 30.0 Å². The fraction of sp³-hybridized carbons (Fsp3) is 0.462. The third kappa shape index (κ3) is 2.88. The van der Waals surface area contributed by atoms with Gasteiger partial charge in [0.1, 0.15) is 12.4 Å². The molecule has 2 aliphatic carbocycles. The van der Waals surface area contributed by atoms with E-state index in [4.69, 9.17) is 4.74 Å². The molecule has 154 valence electrons. The number of amides is 1. The van der Waals surface area contributed by atoms with Crippen LogP contribution < -0.4 is 0 Å². The lowest BCUT2D eigenvalue weighted by molar-refractivity contribution is -0.126. The van der Waals surface area contributed by atoms with Gasteiger partial charge in [0.2, 0.25) is 0 Å². The Morgan fingerprint density at radius 3 is 1.93 bits per heavy atom. The van der Waals surface area contributed by atoms with Gasteiger partial charge in [-0.25, -0.2) is 4.79 Å². The minimum absolute atomic E-state index is 0.0907. The van der Waals surface area contributed by atoms with E-state index in [0.717, 1.165) is 38.5 Å². The van der Waals surface area contributed by atoms with E-state index in [0.29, 0.717) is 18.3 Å². The predicted molar refractivity (Wildman–Crippen MR) is 114 cm³/mol. The maximum Gasteiger partial charge on any atom is 0.410 e. The van der Waals surface area contributed by atoms with Gasteiger partial charge in [0.05, 0.1) is 0 Å². The third-order valence-corrected chi connectivity index (χ3v) is 7.66. The Bertz CT molecular complexity index is 951. The summed E-state index contributed by atoms with van der Waals surface area (Å²) in [7, 11) is 0. The van der Waals surface area contributed by atoms with Crippen LogP contribution in [0, 0.1) is 11.8 Å².